The molecule has 0 radical (unpaired) electrons. The molecule has 1 heterocycles. The highest BCUT2D eigenvalue weighted by Gasteiger charge is 2.33. The number of nitrogens with zero attached hydrogens (tertiary/aromatic N) is 1. The number of nitrogens with one attached hydrogen (secondary N) is 1. The van der Waals surface area contributed by atoms with Crippen LogP contribution in [0.15, 0.2) is 18.2 Å². The summed E-state index contributed by atoms with van der Waals surface area (Å²) in [5, 5.41) is 13.5. The molecular weight excluding hydrogens is 396 g/mol. The molecule has 1 aliphatic carbocycles. The lowest BCUT2D eigenvalue weighted by Crippen LogP contribution is -2.23. The lowest BCUT2D eigenvalue weighted by molar-refractivity contribution is 0.0696. The molecule has 2 aromatic rings. The van der Waals surface area contributed by atoms with Crippen molar-refractivity contribution in [2.45, 2.75) is 39.7 Å². The van der Waals surface area contributed by atoms with Crippen LogP contribution in [0.25, 0.3) is 0 Å². The van der Waals surface area contributed by atoms with E-state index in [2.05, 4.69) is 19.2 Å². The van der Waals surface area contributed by atoms with E-state index in [0.29, 0.717) is 28.6 Å². The fourth-order valence-electron chi connectivity index (χ4n) is 3.64. The maximum absolute atomic E-state index is 13.0. The predicted octanol–water partition coefficient (Wildman–Crippen LogP) is 4.93. The van der Waals surface area contributed by atoms with E-state index in [1.165, 1.54) is 11.3 Å². The first-order valence-electron chi connectivity index (χ1n) is 9.20. The van der Waals surface area contributed by atoms with Crippen molar-refractivity contribution in [1.82, 2.24) is 4.90 Å². The minimum atomic E-state index is -0.995. The van der Waals surface area contributed by atoms with Crippen molar-refractivity contribution in [2.24, 2.45) is 5.41 Å². The van der Waals surface area contributed by atoms with Crippen LogP contribution in [-0.2, 0) is 19.4 Å². The summed E-state index contributed by atoms with van der Waals surface area (Å²) >= 11 is 7.49. The van der Waals surface area contributed by atoms with Gasteiger partial charge in [-0.3, -0.25) is 4.79 Å². The zero-order valence-electron chi connectivity index (χ0n) is 16.6. The number of fused-ring (bicyclic) bond motifs is 1. The number of hydrogen-bond donors (Lipinski definition) is 2. The standard InChI is InChI=1S/C21H25ClN2O3S/c1-21(2)8-7-16-15(10-21)17(20(26)27)19(28-16)23-18(25)14-9-13(22)6-5-12(14)11-24(3)4/h5-6,9H,7-8,10-11H2,1-4H3,(H,23,25)(H,26,27). The Kier molecular flexibility index (Phi) is 5.84. The number of carbonyl (C=O) groups excluding carboxylic acids is 1. The second-order valence-corrected chi connectivity index (χ2v) is 9.89. The number of thiophene rings is 1. The maximum atomic E-state index is 13.0. The molecule has 0 bridgehead atoms. The van der Waals surface area contributed by atoms with E-state index in [-0.39, 0.29) is 16.9 Å². The molecule has 1 aliphatic rings. The molecule has 0 unspecified atom stereocenters. The highest BCUT2D eigenvalue weighted by atomic mass is 35.5. The Balaban J connectivity index is 1.97. The summed E-state index contributed by atoms with van der Waals surface area (Å²) in [4.78, 5) is 28.0. The van der Waals surface area contributed by atoms with E-state index in [1.54, 1.807) is 12.1 Å². The lowest BCUT2D eigenvalue weighted by atomic mass is 9.76. The van der Waals surface area contributed by atoms with Gasteiger partial charge in [0.2, 0.25) is 0 Å². The third kappa shape index (κ3) is 4.40. The van der Waals surface area contributed by atoms with Crippen LogP contribution in [0.2, 0.25) is 5.02 Å². The highest BCUT2D eigenvalue weighted by molar-refractivity contribution is 7.17. The van der Waals surface area contributed by atoms with E-state index in [0.717, 1.165) is 28.8 Å². The zero-order valence-corrected chi connectivity index (χ0v) is 18.1. The molecule has 3 rings (SSSR count). The molecule has 1 aromatic carbocycles. The van der Waals surface area contributed by atoms with Gasteiger partial charge in [0.1, 0.15) is 5.00 Å². The second kappa shape index (κ2) is 7.85. The number of carbonyl (C=O) groups is 2. The Morgan fingerprint density at radius 1 is 1.32 bits per heavy atom. The van der Waals surface area contributed by atoms with Crippen LogP contribution in [0.1, 0.15) is 57.0 Å². The predicted molar refractivity (Wildman–Crippen MR) is 114 cm³/mol. The van der Waals surface area contributed by atoms with Gasteiger partial charge in [0.15, 0.2) is 0 Å². The Labute approximate surface area is 174 Å². The van der Waals surface area contributed by atoms with Crippen LogP contribution in [0.5, 0.6) is 0 Å². The van der Waals surface area contributed by atoms with Crippen molar-refractivity contribution in [3.8, 4) is 0 Å². The number of carboxylic acids is 1. The molecule has 1 aromatic heterocycles. The van der Waals surface area contributed by atoms with Crippen molar-refractivity contribution >= 4 is 39.8 Å². The summed E-state index contributed by atoms with van der Waals surface area (Å²) < 4.78 is 0. The largest absolute Gasteiger partial charge is 0.478 e. The van der Waals surface area contributed by atoms with Crippen molar-refractivity contribution in [1.29, 1.82) is 0 Å². The van der Waals surface area contributed by atoms with Crippen LogP contribution in [0.3, 0.4) is 0 Å². The number of halogens is 1. The number of amides is 1. The summed E-state index contributed by atoms with van der Waals surface area (Å²) in [6, 6.07) is 5.22. The molecule has 2 N–H and O–H groups in total. The Morgan fingerprint density at radius 2 is 2.04 bits per heavy atom. The number of anilines is 1. The lowest BCUT2D eigenvalue weighted by Gasteiger charge is -2.29. The first-order valence-corrected chi connectivity index (χ1v) is 10.4. The van der Waals surface area contributed by atoms with E-state index >= 15 is 0 Å². The average molecular weight is 421 g/mol. The molecule has 28 heavy (non-hydrogen) atoms. The fraction of sp³-hybridized carbons (Fsp3) is 0.429. The topological polar surface area (TPSA) is 69.6 Å². The van der Waals surface area contributed by atoms with Gasteiger partial charge in [0.25, 0.3) is 5.91 Å². The maximum Gasteiger partial charge on any atom is 0.339 e. The van der Waals surface area contributed by atoms with Crippen LogP contribution in [0, 0.1) is 5.41 Å². The molecule has 0 saturated carbocycles. The molecule has 7 heteroatoms. The molecule has 5 nitrogen and oxygen atoms in total. The Bertz CT molecular complexity index is 934. The fourth-order valence-corrected chi connectivity index (χ4v) is 5.02. The molecule has 0 spiro atoms. The zero-order chi connectivity index (χ0) is 20.6. The summed E-state index contributed by atoms with van der Waals surface area (Å²) in [5.41, 5.74) is 2.46. The van der Waals surface area contributed by atoms with Crippen LogP contribution in [-0.4, -0.2) is 36.0 Å². The summed E-state index contributed by atoms with van der Waals surface area (Å²) in [7, 11) is 3.85. The molecule has 0 aliphatic heterocycles. The van der Waals surface area contributed by atoms with Crippen molar-refractivity contribution in [2.75, 3.05) is 19.4 Å². The summed E-state index contributed by atoms with van der Waals surface area (Å²) in [6.07, 6.45) is 2.56. The van der Waals surface area contributed by atoms with Gasteiger partial charge in [-0.15, -0.1) is 11.3 Å². The SMILES string of the molecule is CN(C)Cc1ccc(Cl)cc1C(=O)Nc1sc2c(c1C(=O)O)CC(C)(C)CC2. The Morgan fingerprint density at radius 3 is 2.68 bits per heavy atom. The number of carboxylic acid groups (broad SMARTS) is 1. The average Bonchev–Trinajstić information content (AvgIpc) is 2.91. The summed E-state index contributed by atoms with van der Waals surface area (Å²) in [5.74, 6) is -1.33. The monoisotopic (exact) mass is 420 g/mol. The Hall–Kier alpha value is -1.89. The van der Waals surface area contributed by atoms with Crippen LogP contribution < -0.4 is 5.32 Å². The third-order valence-corrected chi connectivity index (χ3v) is 6.46. The summed E-state index contributed by atoms with van der Waals surface area (Å²) in [6.45, 7) is 4.88. The second-order valence-electron chi connectivity index (χ2n) is 8.35. The van der Waals surface area contributed by atoms with E-state index in [9.17, 15) is 14.7 Å². The van der Waals surface area contributed by atoms with Gasteiger partial charge in [-0.05, 0) is 62.0 Å². The smallest absolute Gasteiger partial charge is 0.339 e. The number of aryl methyl sites for hydroxylation is 1. The highest BCUT2D eigenvalue weighted by Crippen LogP contribution is 2.44. The normalized spacial score (nSPS) is 15.4. The van der Waals surface area contributed by atoms with Gasteiger partial charge in [-0.1, -0.05) is 31.5 Å². The first-order chi connectivity index (χ1) is 13.1. The number of aromatic carboxylic acids is 1. The molecular formula is C21H25ClN2O3S. The minimum Gasteiger partial charge on any atom is -0.478 e. The first kappa shape index (κ1) is 20.8. The van der Waals surface area contributed by atoms with E-state index in [1.807, 2.05) is 25.1 Å². The third-order valence-electron chi connectivity index (χ3n) is 5.02. The molecule has 0 saturated heterocycles. The van der Waals surface area contributed by atoms with Gasteiger partial charge in [-0.25, -0.2) is 4.79 Å². The molecule has 0 fully saturated rings. The molecule has 150 valence electrons. The van der Waals surface area contributed by atoms with E-state index < -0.39 is 5.97 Å². The van der Waals surface area contributed by atoms with E-state index in [4.69, 9.17) is 11.6 Å². The van der Waals surface area contributed by atoms with Crippen molar-refractivity contribution < 1.29 is 14.7 Å². The van der Waals surface area contributed by atoms with Gasteiger partial charge in [0, 0.05) is 22.0 Å². The van der Waals surface area contributed by atoms with Crippen LogP contribution >= 0.6 is 22.9 Å². The molecule has 1 amide bonds. The van der Waals surface area contributed by atoms with Crippen LogP contribution in [0.4, 0.5) is 5.00 Å². The van der Waals surface area contributed by atoms with Gasteiger partial charge in [-0.2, -0.15) is 0 Å². The molecule has 0 atom stereocenters. The minimum absolute atomic E-state index is 0.0609. The van der Waals surface area contributed by atoms with Gasteiger partial charge < -0.3 is 15.3 Å². The van der Waals surface area contributed by atoms with Gasteiger partial charge in [0.05, 0.1) is 5.56 Å². The van der Waals surface area contributed by atoms with Crippen molar-refractivity contribution in [3.63, 3.8) is 0 Å². The number of rotatable bonds is 5. The van der Waals surface area contributed by atoms with Crippen molar-refractivity contribution in [3.05, 3.63) is 50.4 Å². The number of hydrogen-bond acceptors (Lipinski definition) is 4. The quantitative estimate of drug-likeness (QED) is 0.719. The number of benzene rings is 1. The van der Waals surface area contributed by atoms with Gasteiger partial charge >= 0.3 is 5.97 Å².